The molecule has 9 heteroatoms. The molecule has 1 aromatic rings. The fourth-order valence-electron chi connectivity index (χ4n) is 2.44. The maximum Gasteiger partial charge on any atom is 0.438 e. The molecule has 0 radical (unpaired) electrons. The number of amides is 1. The van der Waals surface area contributed by atoms with E-state index in [0.29, 0.717) is 17.1 Å². The van der Waals surface area contributed by atoms with Crippen LogP contribution >= 0.6 is 0 Å². The molecule has 0 unspecified atom stereocenters. The smallest absolute Gasteiger partial charge is 0.438 e. The van der Waals surface area contributed by atoms with Crippen molar-refractivity contribution in [3.63, 3.8) is 0 Å². The van der Waals surface area contributed by atoms with E-state index in [0.717, 1.165) is 0 Å². The molecule has 0 aromatic heterocycles. The van der Waals surface area contributed by atoms with E-state index in [2.05, 4.69) is 5.10 Å². The van der Waals surface area contributed by atoms with Crippen molar-refractivity contribution in [2.45, 2.75) is 31.7 Å². The summed E-state index contributed by atoms with van der Waals surface area (Å²) in [6, 6.07) is 4.55. The van der Waals surface area contributed by atoms with E-state index in [-0.39, 0.29) is 17.1 Å². The molecule has 1 atom stereocenters. The summed E-state index contributed by atoms with van der Waals surface area (Å²) >= 11 is 0. The first-order valence-corrected chi connectivity index (χ1v) is 6.99. The lowest BCUT2D eigenvalue weighted by Crippen LogP contribution is -2.57. The number of benzene rings is 1. The van der Waals surface area contributed by atoms with Crippen molar-refractivity contribution >= 4 is 11.6 Å². The molecule has 1 aliphatic rings. The van der Waals surface area contributed by atoms with Gasteiger partial charge in [-0.05, 0) is 24.6 Å². The molecule has 6 nitrogen and oxygen atoms in total. The van der Waals surface area contributed by atoms with Gasteiger partial charge in [-0.15, -0.1) is 0 Å². The average molecular weight is 346 g/mol. The van der Waals surface area contributed by atoms with Gasteiger partial charge in [0.05, 0.1) is 20.6 Å². The van der Waals surface area contributed by atoms with Crippen molar-refractivity contribution in [2.75, 3.05) is 14.2 Å². The maximum atomic E-state index is 13.1. The Labute approximate surface area is 136 Å². The molecule has 132 valence electrons. The van der Waals surface area contributed by atoms with E-state index >= 15 is 0 Å². The van der Waals surface area contributed by atoms with Crippen LogP contribution in [0.15, 0.2) is 23.3 Å². The van der Waals surface area contributed by atoms with Crippen LogP contribution in [0.5, 0.6) is 11.5 Å². The quantitative estimate of drug-likeness (QED) is 0.906. The molecule has 0 fully saturated rings. The van der Waals surface area contributed by atoms with Crippen molar-refractivity contribution in [1.82, 2.24) is 5.01 Å². The Kier molecular flexibility index (Phi) is 4.75. The molecule has 0 saturated heterocycles. The molecule has 2 rings (SSSR count). The van der Waals surface area contributed by atoms with Gasteiger partial charge in [-0.2, -0.15) is 23.3 Å². The Morgan fingerprint density at radius 1 is 1.33 bits per heavy atom. The Bertz CT molecular complexity index is 675. The van der Waals surface area contributed by atoms with Gasteiger partial charge in [0, 0.05) is 12.1 Å². The molecule has 1 heterocycles. The minimum atomic E-state index is -5.01. The third kappa shape index (κ3) is 3.16. The van der Waals surface area contributed by atoms with E-state index in [1.54, 1.807) is 0 Å². The second-order valence-corrected chi connectivity index (χ2v) is 5.40. The monoisotopic (exact) mass is 346 g/mol. The zero-order valence-corrected chi connectivity index (χ0v) is 13.3. The summed E-state index contributed by atoms with van der Waals surface area (Å²) in [5.41, 5.74) is -2.89. The van der Waals surface area contributed by atoms with Gasteiger partial charge in [0.1, 0.15) is 0 Å². The van der Waals surface area contributed by atoms with E-state index in [1.807, 2.05) is 0 Å². The Morgan fingerprint density at radius 2 is 1.96 bits per heavy atom. The van der Waals surface area contributed by atoms with Gasteiger partial charge in [0.25, 0.3) is 5.72 Å². The van der Waals surface area contributed by atoms with Crippen LogP contribution in [-0.4, -0.2) is 47.9 Å². The largest absolute Gasteiger partial charge is 0.493 e. The molecule has 1 aliphatic heterocycles. The normalized spacial score (nSPS) is 20.8. The molecule has 1 amide bonds. The second kappa shape index (κ2) is 6.31. The number of rotatable bonds is 4. The minimum absolute atomic E-state index is 0.0236. The summed E-state index contributed by atoms with van der Waals surface area (Å²) in [5, 5.41) is 13.6. The first kappa shape index (κ1) is 18.1. The Hall–Kier alpha value is -2.29. The molecule has 0 aliphatic carbocycles. The summed E-state index contributed by atoms with van der Waals surface area (Å²) in [6.07, 6.45) is -6.16. The molecule has 0 saturated carbocycles. The highest BCUT2D eigenvalue weighted by Crippen LogP contribution is 2.40. The first-order chi connectivity index (χ1) is 11.1. The van der Waals surface area contributed by atoms with Crippen LogP contribution in [-0.2, 0) is 11.2 Å². The number of carbonyl (C=O) groups excluding carboxylic acids is 1. The lowest BCUT2D eigenvalue weighted by molar-refractivity contribution is -0.302. The standard InChI is InChI=1S/C15H17F3N2O4/c1-9-8-14(22,15(16,17)18)20(19-9)13(21)7-10-4-5-11(23-2)12(6-10)24-3/h4-6,22H,7-8H2,1-3H3/t14-/m1/s1. The van der Waals surface area contributed by atoms with Crippen LogP contribution < -0.4 is 9.47 Å². The van der Waals surface area contributed by atoms with E-state index < -0.39 is 24.2 Å². The SMILES string of the molecule is COc1ccc(CC(=O)N2N=C(C)C[C@@]2(O)C(F)(F)F)cc1OC. The molecule has 0 spiro atoms. The molecule has 24 heavy (non-hydrogen) atoms. The second-order valence-electron chi connectivity index (χ2n) is 5.40. The van der Waals surface area contributed by atoms with Gasteiger partial charge in [0.15, 0.2) is 11.5 Å². The third-order valence-corrected chi connectivity index (χ3v) is 3.62. The van der Waals surface area contributed by atoms with Gasteiger partial charge in [-0.1, -0.05) is 6.07 Å². The zero-order valence-electron chi connectivity index (χ0n) is 13.3. The van der Waals surface area contributed by atoms with E-state index in [9.17, 15) is 23.1 Å². The van der Waals surface area contributed by atoms with Crippen LogP contribution in [0.3, 0.4) is 0 Å². The number of hydrazone groups is 1. The highest BCUT2D eigenvalue weighted by atomic mass is 19.4. The number of hydrogen-bond donors (Lipinski definition) is 1. The molecule has 0 bridgehead atoms. The van der Waals surface area contributed by atoms with Gasteiger partial charge in [-0.3, -0.25) is 4.79 Å². The number of nitrogens with zero attached hydrogens (tertiary/aromatic N) is 2. The number of hydrogen-bond acceptors (Lipinski definition) is 5. The van der Waals surface area contributed by atoms with Crippen molar-refractivity contribution in [3.05, 3.63) is 23.8 Å². The van der Waals surface area contributed by atoms with Crippen LogP contribution in [0, 0.1) is 0 Å². The fraction of sp³-hybridized carbons (Fsp3) is 0.467. The van der Waals surface area contributed by atoms with Crippen molar-refractivity contribution in [1.29, 1.82) is 0 Å². The first-order valence-electron chi connectivity index (χ1n) is 6.99. The third-order valence-electron chi connectivity index (χ3n) is 3.62. The molecule has 1 N–H and O–H groups in total. The predicted octanol–water partition coefficient (Wildman–Crippen LogP) is 2.11. The number of ether oxygens (including phenoxy) is 2. The lowest BCUT2D eigenvalue weighted by atomic mass is 10.1. The number of carbonyl (C=O) groups is 1. The van der Waals surface area contributed by atoms with Crippen LogP contribution in [0.4, 0.5) is 13.2 Å². The Morgan fingerprint density at radius 3 is 2.50 bits per heavy atom. The molecular weight excluding hydrogens is 329 g/mol. The topological polar surface area (TPSA) is 71.4 Å². The van der Waals surface area contributed by atoms with Gasteiger partial charge < -0.3 is 14.6 Å². The molecule has 1 aromatic carbocycles. The summed E-state index contributed by atoms with van der Waals surface area (Å²) in [4.78, 5) is 12.3. The van der Waals surface area contributed by atoms with Crippen molar-refractivity contribution in [2.24, 2.45) is 5.10 Å². The Balaban J connectivity index is 2.26. The highest BCUT2D eigenvalue weighted by Gasteiger charge is 2.62. The molecular formula is C15H17F3N2O4. The summed E-state index contributed by atoms with van der Waals surface area (Å²) in [5.74, 6) is -0.204. The van der Waals surface area contributed by atoms with Crippen LogP contribution in [0.25, 0.3) is 0 Å². The maximum absolute atomic E-state index is 13.1. The number of alkyl halides is 3. The summed E-state index contributed by atoms with van der Waals surface area (Å²) in [7, 11) is 2.84. The van der Waals surface area contributed by atoms with Crippen molar-refractivity contribution < 1.29 is 32.5 Å². The number of halogens is 3. The average Bonchev–Trinajstić information content (AvgIpc) is 2.83. The minimum Gasteiger partial charge on any atom is -0.493 e. The van der Waals surface area contributed by atoms with Gasteiger partial charge in [-0.25, -0.2) is 0 Å². The van der Waals surface area contributed by atoms with Gasteiger partial charge >= 0.3 is 6.18 Å². The summed E-state index contributed by atoms with van der Waals surface area (Å²) in [6.45, 7) is 1.32. The van der Waals surface area contributed by atoms with Crippen LogP contribution in [0.2, 0.25) is 0 Å². The van der Waals surface area contributed by atoms with Gasteiger partial charge in [0.2, 0.25) is 5.91 Å². The predicted molar refractivity (Wildman–Crippen MR) is 78.8 cm³/mol. The van der Waals surface area contributed by atoms with Crippen molar-refractivity contribution in [3.8, 4) is 11.5 Å². The van der Waals surface area contributed by atoms with E-state index in [1.165, 1.54) is 39.3 Å². The fourth-order valence-corrected chi connectivity index (χ4v) is 2.44. The zero-order chi connectivity index (χ0) is 18.1. The van der Waals surface area contributed by atoms with E-state index in [4.69, 9.17) is 9.47 Å². The summed E-state index contributed by atoms with van der Waals surface area (Å²) < 4.78 is 49.5. The highest BCUT2D eigenvalue weighted by molar-refractivity contribution is 5.89. The van der Waals surface area contributed by atoms with Crippen LogP contribution in [0.1, 0.15) is 18.9 Å². The number of aliphatic hydroxyl groups is 1. The lowest BCUT2D eigenvalue weighted by Gasteiger charge is -2.32. The number of methoxy groups -OCH3 is 2.